The van der Waals surface area contributed by atoms with Crippen LogP contribution in [0.4, 0.5) is 5.82 Å². The maximum atomic E-state index is 11.4. The summed E-state index contributed by atoms with van der Waals surface area (Å²) in [4.78, 5) is 13.6. The third kappa shape index (κ3) is 3.66. The molecule has 2 rings (SSSR count). The van der Waals surface area contributed by atoms with Gasteiger partial charge in [-0.2, -0.15) is 0 Å². The molecule has 0 radical (unpaired) electrons. The Morgan fingerprint density at radius 1 is 1.35 bits per heavy atom. The van der Waals surface area contributed by atoms with Crippen molar-refractivity contribution in [3.63, 3.8) is 0 Å². The standard InChI is InChI=1S/C14H23N5O/c1-3-8-16-11-6-9-19(10-7-11)13-5-4-12(17-18-13)14(20)15-2/h4-5,11,16H,3,6-10H2,1-2H3,(H,15,20). The molecule has 0 aliphatic carbocycles. The Kier molecular flexibility index (Phi) is 5.29. The molecule has 0 bridgehead atoms. The van der Waals surface area contributed by atoms with Gasteiger partial charge in [0.05, 0.1) is 0 Å². The van der Waals surface area contributed by atoms with Gasteiger partial charge in [-0.05, 0) is 37.9 Å². The van der Waals surface area contributed by atoms with E-state index in [1.165, 1.54) is 6.42 Å². The van der Waals surface area contributed by atoms with Gasteiger partial charge in [0.2, 0.25) is 0 Å². The van der Waals surface area contributed by atoms with Gasteiger partial charge in [0, 0.05) is 26.2 Å². The molecule has 1 aromatic heterocycles. The van der Waals surface area contributed by atoms with Crippen molar-refractivity contribution >= 4 is 11.7 Å². The first-order chi connectivity index (χ1) is 9.74. The third-order valence-corrected chi connectivity index (χ3v) is 3.61. The summed E-state index contributed by atoms with van der Waals surface area (Å²) in [5.74, 6) is 0.651. The lowest BCUT2D eigenvalue weighted by molar-refractivity contribution is 0.0957. The molecule has 0 atom stereocenters. The van der Waals surface area contributed by atoms with Crippen LogP contribution in [0.15, 0.2) is 12.1 Å². The number of piperidine rings is 1. The van der Waals surface area contributed by atoms with Crippen molar-refractivity contribution in [1.29, 1.82) is 0 Å². The van der Waals surface area contributed by atoms with Gasteiger partial charge in [-0.1, -0.05) is 6.92 Å². The van der Waals surface area contributed by atoms with Crippen molar-refractivity contribution in [3.05, 3.63) is 17.8 Å². The van der Waals surface area contributed by atoms with Crippen molar-refractivity contribution in [2.24, 2.45) is 0 Å². The van der Waals surface area contributed by atoms with Crippen LogP contribution in [0, 0.1) is 0 Å². The van der Waals surface area contributed by atoms with Gasteiger partial charge in [0.1, 0.15) is 0 Å². The van der Waals surface area contributed by atoms with Gasteiger partial charge in [-0.3, -0.25) is 4.79 Å². The summed E-state index contributed by atoms with van der Waals surface area (Å²) in [6.45, 7) is 5.24. The minimum atomic E-state index is -0.202. The Balaban J connectivity index is 1.89. The third-order valence-electron chi connectivity index (χ3n) is 3.61. The zero-order valence-electron chi connectivity index (χ0n) is 12.2. The van der Waals surface area contributed by atoms with Crippen LogP contribution in [-0.2, 0) is 0 Å². The Hall–Kier alpha value is -1.69. The molecule has 6 heteroatoms. The summed E-state index contributed by atoms with van der Waals surface area (Å²) in [5.41, 5.74) is 0.357. The molecule has 0 saturated carbocycles. The number of nitrogens with one attached hydrogen (secondary N) is 2. The predicted octanol–water partition coefficient (Wildman–Crippen LogP) is 0.805. The summed E-state index contributed by atoms with van der Waals surface area (Å²) < 4.78 is 0. The van der Waals surface area contributed by atoms with Crippen LogP contribution in [0.25, 0.3) is 0 Å². The molecule has 20 heavy (non-hydrogen) atoms. The second-order valence-electron chi connectivity index (χ2n) is 5.07. The smallest absolute Gasteiger partial charge is 0.271 e. The Labute approximate surface area is 120 Å². The van der Waals surface area contributed by atoms with Gasteiger partial charge >= 0.3 is 0 Å². The number of anilines is 1. The first kappa shape index (κ1) is 14.7. The van der Waals surface area contributed by atoms with E-state index in [0.29, 0.717) is 11.7 Å². The van der Waals surface area contributed by atoms with E-state index in [1.54, 1.807) is 13.1 Å². The van der Waals surface area contributed by atoms with Crippen LogP contribution in [0.2, 0.25) is 0 Å². The molecular formula is C14H23N5O. The molecule has 0 unspecified atom stereocenters. The van der Waals surface area contributed by atoms with Gasteiger partial charge in [0.25, 0.3) is 5.91 Å². The maximum absolute atomic E-state index is 11.4. The molecule has 2 N–H and O–H groups in total. The zero-order valence-corrected chi connectivity index (χ0v) is 12.2. The summed E-state index contributed by atoms with van der Waals surface area (Å²) in [5, 5.41) is 14.2. The van der Waals surface area contributed by atoms with E-state index in [4.69, 9.17) is 0 Å². The second-order valence-corrected chi connectivity index (χ2v) is 5.07. The number of aromatic nitrogens is 2. The highest BCUT2D eigenvalue weighted by atomic mass is 16.1. The molecule has 0 aromatic carbocycles. The largest absolute Gasteiger partial charge is 0.355 e. The predicted molar refractivity (Wildman–Crippen MR) is 79.0 cm³/mol. The van der Waals surface area contributed by atoms with Crippen molar-refractivity contribution < 1.29 is 4.79 Å². The van der Waals surface area contributed by atoms with Crippen molar-refractivity contribution in [1.82, 2.24) is 20.8 Å². The first-order valence-corrected chi connectivity index (χ1v) is 7.28. The Morgan fingerprint density at radius 3 is 2.65 bits per heavy atom. The van der Waals surface area contributed by atoms with Gasteiger partial charge in [0.15, 0.2) is 11.5 Å². The quantitative estimate of drug-likeness (QED) is 0.833. The van der Waals surface area contributed by atoms with Crippen LogP contribution in [0.1, 0.15) is 36.7 Å². The lowest BCUT2D eigenvalue weighted by atomic mass is 10.0. The van der Waals surface area contributed by atoms with E-state index in [-0.39, 0.29) is 5.91 Å². The molecule has 110 valence electrons. The molecule has 1 aliphatic rings. The zero-order chi connectivity index (χ0) is 14.4. The number of amides is 1. The van der Waals surface area contributed by atoms with Crippen molar-refractivity contribution in [2.45, 2.75) is 32.2 Å². The van der Waals surface area contributed by atoms with Crippen LogP contribution in [0.3, 0.4) is 0 Å². The second kappa shape index (κ2) is 7.19. The highest BCUT2D eigenvalue weighted by Gasteiger charge is 2.20. The van der Waals surface area contributed by atoms with E-state index in [1.807, 2.05) is 6.07 Å². The number of carbonyl (C=O) groups is 1. The number of carbonyl (C=O) groups excluding carboxylic acids is 1. The molecule has 6 nitrogen and oxygen atoms in total. The number of hydrogen-bond acceptors (Lipinski definition) is 5. The van der Waals surface area contributed by atoms with E-state index in [2.05, 4.69) is 32.7 Å². The molecule has 0 spiro atoms. The molecule has 2 heterocycles. The summed E-state index contributed by atoms with van der Waals surface area (Å²) in [7, 11) is 1.59. The summed E-state index contributed by atoms with van der Waals surface area (Å²) in [6.07, 6.45) is 3.42. The molecule has 1 amide bonds. The van der Waals surface area contributed by atoms with Gasteiger partial charge < -0.3 is 15.5 Å². The van der Waals surface area contributed by atoms with E-state index in [0.717, 1.165) is 38.3 Å². The lowest BCUT2D eigenvalue weighted by Crippen LogP contribution is -2.43. The first-order valence-electron chi connectivity index (χ1n) is 7.28. The molecule has 1 aliphatic heterocycles. The summed E-state index contributed by atoms with van der Waals surface area (Å²) in [6, 6.07) is 4.21. The van der Waals surface area contributed by atoms with Crippen LogP contribution >= 0.6 is 0 Å². The van der Waals surface area contributed by atoms with Crippen molar-refractivity contribution in [3.8, 4) is 0 Å². The number of rotatable bonds is 5. The maximum Gasteiger partial charge on any atom is 0.271 e. The van der Waals surface area contributed by atoms with E-state index >= 15 is 0 Å². The van der Waals surface area contributed by atoms with Crippen LogP contribution in [0.5, 0.6) is 0 Å². The van der Waals surface area contributed by atoms with Gasteiger partial charge in [-0.25, -0.2) is 0 Å². The molecule has 1 fully saturated rings. The lowest BCUT2D eigenvalue weighted by Gasteiger charge is -2.33. The SMILES string of the molecule is CCCNC1CCN(c2ccc(C(=O)NC)nn2)CC1. The topological polar surface area (TPSA) is 70.2 Å². The normalized spacial score (nSPS) is 16.2. The Morgan fingerprint density at radius 2 is 2.10 bits per heavy atom. The fourth-order valence-corrected chi connectivity index (χ4v) is 2.40. The van der Waals surface area contributed by atoms with Crippen LogP contribution < -0.4 is 15.5 Å². The highest BCUT2D eigenvalue weighted by Crippen LogP contribution is 2.17. The van der Waals surface area contributed by atoms with Crippen molar-refractivity contribution in [2.75, 3.05) is 31.6 Å². The number of nitrogens with zero attached hydrogens (tertiary/aromatic N) is 3. The average molecular weight is 277 g/mol. The molecule has 1 saturated heterocycles. The molecular weight excluding hydrogens is 254 g/mol. The Bertz CT molecular complexity index is 426. The number of hydrogen-bond donors (Lipinski definition) is 2. The summed E-state index contributed by atoms with van der Waals surface area (Å²) >= 11 is 0. The minimum absolute atomic E-state index is 0.202. The monoisotopic (exact) mass is 277 g/mol. The highest BCUT2D eigenvalue weighted by molar-refractivity contribution is 5.91. The minimum Gasteiger partial charge on any atom is -0.355 e. The van der Waals surface area contributed by atoms with E-state index < -0.39 is 0 Å². The fourth-order valence-electron chi connectivity index (χ4n) is 2.40. The average Bonchev–Trinajstić information content (AvgIpc) is 2.53. The van der Waals surface area contributed by atoms with Crippen LogP contribution in [-0.4, -0.2) is 48.8 Å². The van der Waals surface area contributed by atoms with Gasteiger partial charge in [-0.15, -0.1) is 10.2 Å². The van der Waals surface area contributed by atoms with E-state index in [9.17, 15) is 4.79 Å². The molecule has 1 aromatic rings. The fraction of sp³-hybridized carbons (Fsp3) is 0.643.